The van der Waals surface area contributed by atoms with E-state index in [-0.39, 0.29) is 31.9 Å². The van der Waals surface area contributed by atoms with Gasteiger partial charge in [-0.25, -0.2) is 0 Å². The molecule has 0 spiro atoms. The SMILES string of the molecule is CCCC[O-].CCCC[O-].CCCC[O-].CCCC[O-].[CH3][Sn+3].[CH3][Sn+3].[O-2]. The summed E-state index contributed by atoms with van der Waals surface area (Å²) in [5.41, 5.74) is 0. The van der Waals surface area contributed by atoms with Gasteiger partial charge in [-0.2, -0.15) is 0 Å². The molecule has 0 aliphatic carbocycles. The van der Waals surface area contributed by atoms with Crippen molar-refractivity contribution in [3.63, 3.8) is 0 Å². The van der Waals surface area contributed by atoms with E-state index in [4.69, 9.17) is 0 Å². The zero-order chi connectivity index (χ0) is 20.5. The van der Waals surface area contributed by atoms with E-state index in [1.807, 2.05) is 27.7 Å². The summed E-state index contributed by atoms with van der Waals surface area (Å²) >= 11 is 3.10. The minimum Gasteiger partial charge on any atom is -2.00 e. The van der Waals surface area contributed by atoms with E-state index in [0.29, 0.717) is 0 Å². The Morgan fingerprint density at radius 1 is 0.440 bits per heavy atom. The Kier molecular flexibility index (Phi) is 152. The monoisotopic (exact) mass is 578 g/mol. The predicted molar refractivity (Wildman–Crippen MR) is 103 cm³/mol. The maximum absolute atomic E-state index is 9.53. The minimum atomic E-state index is 0. The first-order valence-corrected chi connectivity index (χ1v) is 14.7. The quantitative estimate of drug-likeness (QED) is 0.399. The normalized spacial score (nSPS) is 7.28. The molecule has 0 aromatic heterocycles. The molecule has 0 aliphatic heterocycles. The van der Waals surface area contributed by atoms with E-state index < -0.39 is 0 Å². The van der Waals surface area contributed by atoms with Crippen molar-refractivity contribution in [1.82, 2.24) is 0 Å². The second kappa shape index (κ2) is 84.2. The van der Waals surface area contributed by atoms with Crippen LogP contribution in [0.5, 0.6) is 0 Å². The van der Waals surface area contributed by atoms with E-state index in [1.54, 1.807) is 45.0 Å². The fourth-order valence-electron chi connectivity index (χ4n) is 0.577. The van der Waals surface area contributed by atoms with E-state index in [9.17, 15) is 20.4 Å². The van der Waals surface area contributed by atoms with Crippen LogP contribution in [0.15, 0.2) is 0 Å². The van der Waals surface area contributed by atoms with Gasteiger partial charge in [0.2, 0.25) is 0 Å². The van der Waals surface area contributed by atoms with Gasteiger partial charge in [0.15, 0.2) is 0 Å². The van der Waals surface area contributed by atoms with Crippen molar-refractivity contribution >= 4 is 45.0 Å². The van der Waals surface area contributed by atoms with Crippen molar-refractivity contribution in [2.45, 2.75) is 88.9 Å². The number of rotatable bonds is 8. The Labute approximate surface area is 185 Å². The molecular weight excluding hydrogens is 534 g/mol. The van der Waals surface area contributed by atoms with Crippen LogP contribution in [0.25, 0.3) is 0 Å². The molecule has 25 heavy (non-hydrogen) atoms. The summed E-state index contributed by atoms with van der Waals surface area (Å²) < 4.78 is 0. The van der Waals surface area contributed by atoms with Crippen LogP contribution in [-0.4, -0.2) is 71.5 Å². The van der Waals surface area contributed by atoms with Gasteiger partial charge >= 0.3 is 54.9 Å². The number of unbranched alkanes of at least 4 members (excludes halogenated alkanes) is 4. The van der Waals surface area contributed by atoms with Crippen molar-refractivity contribution in [3.8, 4) is 0 Å². The third-order valence-corrected chi connectivity index (χ3v) is 1.99. The van der Waals surface area contributed by atoms with E-state index in [2.05, 4.69) is 9.88 Å². The van der Waals surface area contributed by atoms with E-state index >= 15 is 0 Å². The summed E-state index contributed by atoms with van der Waals surface area (Å²) in [6, 6.07) is 0. The molecule has 0 unspecified atom stereocenters. The van der Waals surface area contributed by atoms with Gasteiger partial charge in [0.05, 0.1) is 0 Å². The molecule has 0 aromatic carbocycles. The first kappa shape index (κ1) is 45.3. The van der Waals surface area contributed by atoms with Gasteiger partial charge in [-0.15, -0.1) is 26.4 Å². The van der Waals surface area contributed by atoms with Crippen LogP contribution in [0.4, 0.5) is 0 Å². The van der Waals surface area contributed by atoms with E-state index in [0.717, 1.165) is 51.4 Å². The van der Waals surface area contributed by atoms with Crippen LogP contribution in [-0.2, 0) is 5.48 Å². The third-order valence-electron chi connectivity index (χ3n) is 1.99. The molecule has 0 radical (unpaired) electrons. The van der Waals surface area contributed by atoms with Crippen LogP contribution < -0.4 is 20.4 Å². The first-order valence-electron chi connectivity index (χ1n) is 8.98. The zero-order valence-corrected chi connectivity index (χ0v) is 23.2. The Morgan fingerprint density at radius 3 is 0.560 bits per heavy atom. The largest absolute Gasteiger partial charge is 2.00 e. The van der Waals surface area contributed by atoms with Gasteiger partial charge in [0, 0.05) is 0 Å². The van der Waals surface area contributed by atoms with Crippen molar-refractivity contribution < 1.29 is 25.9 Å². The maximum atomic E-state index is 9.53. The molecule has 5 nitrogen and oxygen atoms in total. The maximum Gasteiger partial charge on any atom is -2.00 e. The molecule has 0 aliphatic rings. The minimum absolute atomic E-state index is 0. The van der Waals surface area contributed by atoms with Gasteiger partial charge in [-0.1, -0.05) is 79.1 Å². The summed E-state index contributed by atoms with van der Waals surface area (Å²) in [6.07, 6.45) is 7.46. The Balaban J connectivity index is -0.0000000319. The Morgan fingerprint density at radius 2 is 0.560 bits per heavy atom. The molecule has 0 aromatic rings. The van der Waals surface area contributed by atoms with Gasteiger partial charge in [-0.3, -0.25) is 0 Å². The topological polar surface area (TPSA) is 121 Å². The average molecular weight is 576 g/mol. The summed E-state index contributed by atoms with van der Waals surface area (Å²) in [6.45, 7) is 8.42. The molecule has 0 N–H and O–H groups in total. The molecule has 7 heteroatoms. The van der Waals surface area contributed by atoms with Gasteiger partial charge in [0.25, 0.3) is 0 Å². The summed E-state index contributed by atoms with van der Waals surface area (Å²) in [5.74, 6) is 0. The molecule has 0 heterocycles. The van der Waals surface area contributed by atoms with Crippen molar-refractivity contribution in [2.75, 3.05) is 26.4 Å². The molecule has 0 rings (SSSR count). The molecule has 0 atom stereocenters. The first-order chi connectivity index (χ1) is 11.7. The second-order valence-corrected chi connectivity index (χ2v) is 4.23. The van der Waals surface area contributed by atoms with Crippen LogP contribution >= 0.6 is 0 Å². The van der Waals surface area contributed by atoms with Gasteiger partial charge < -0.3 is 25.9 Å². The number of hydrogen-bond donors (Lipinski definition) is 0. The molecule has 0 saturated heterocycles. The van der Waals surface area contributed by atoms with Crippen LogP contribution in [0.1, 0.15) is 79.1 Å². The fourth-order valence-corrected chi connectivity index (χ4v) is 0.577. The molecule has 0 fully saturated rings. The smallest absolute Gasteiger partial charge is 2.00 e. The van der Waals surface area contributed by atoms with Gasteiger partial charge in [0.1, 0.15) is 0 Å². The second-order valence-electron chi connectivity index (χ2n) is 4.23. The van der Waals surface area contributed by atoms with Gasteiger partial charge in [-0.05, 0) is 0 Å². The van der Waals surface area contributed by atoms with Crippen molar-refractivity contribution in [1.29, 1.82) is 0 Å². The van der Waals surface area contributed by atoms with Crippen LogP contribution in [0.3, 0.4) is 0 Å². The molecule has 0 amide bonds. The zero-order valence-electron chi connectivity index (χ0n) is 17.5. The van der Waals surface area contributed by atoms with Crippen molar-refractivity contribution in [3.05, 3.63) is 0 Å². The summed E-state index contributed by atoms with van der Waals surface area (Å²) in [7, 11) is 0. The predicted octanol–water partition coefficient (Wildman–Crippen LogP) is 0.874. The summed E-state index contributed by atoms with van der Waals surface area (Å²) in [4.78, 5) is 4.18. The average Bonchev–Trinajstić information content (AvgIpc) is 2.63. The van der Waals surface area contributed by atoms with Crippen molar-refractivity contribution in [2.24, 2.45) is 0 Å². The van der Waals surface area contributed by atoms with Crippen LogP contribution in [0.2, 0.25) is 9.88 Å². The molecular formula is C18H42O5Sn2. The standard InChI is InChI=1S/4C4H9O.2CH3.O.2Sn/c4*1-2-3-4-5;;;;;/h4*2-4H2,1H3;2*1H3;;;/q4*-1;;;-2;2*+3. The molecule has 0 saturated carbocycles. The Bertz CT molecular complexity index is 81.5. The molecule has 0 bridgehead atoms. The van der Waals surface area contributed by atoms with E-state index in [1.165, 1.54) is 0 Å². The summed E-state index contributed by atoms with van der Waals surface area (Å²) in [5, 5.41) is 38.1. The molecule has 152 valence electrons. The number of hydrogen-bond acceptors (Lipinski definition) is 4. The Hall–Kier alpha value is 1.40. The van der Waals surface area contributed by atoms with Crippen LogP contribution in [0, 0.1) is 0 Å². The third kappa shape index (κ3) is 157. The fraction of sp³-hybridized carbons (Fsp3) is 1.00.